The molecule has 3 rings (SSSR count). The molecule has 0 unspecified atom stereocenters. The normalized spacial score (nSPS) is 15.6. The van der Waals surface area contributed by atoms with Crippen LogP contribution in [0.4, 0.5) is 0 Å². The van der Waals surface area contributed by atoms with Gasteiger partial charge in [0.15, 0.2) is 0 Å². The van der Waals surface area contributed by atoms with E-state index in [-0.39, 0.29) is 6.42 Å². The van der Waals surface area contributed by atoms with E-state index in [1.54, 1.807) is 6.92 Å². The van der Waals surface area contributed by atoms with E-state index in [0.29, 0.717) is 11.6 Å². The number of fused-ring (bicyclic) bond motifs is 1. The maximum Gasteiger partial charge on any atom is 0.0670 e. The molecule has 1 aromatic heterocycles. The van der Waals surface area contributed by atoms with E-state index >= 15 is 0 Å². The van der Waals surface area contributed by atoms with E-state index in [0.717, 1.165) is 41.9 Å². The highest BCUT2D eigenvalue weighted by Crippen LogP contribution is 2.33. The molecule has 1 saturated heterocycles. The van der Waals surface area contributed by atoms with Crippen molar-refractivity contribution in [2.75, 3.05) is 13.1 Å². The second-order valence-corrected chi connectivity index (χ2v) is 9.19. The van der Waals surface area contributed by atoms with Crippen molar-refractivity contribution in [3.05, 3.63) is 65.5 Å². The van der Waals surface area contributed by atoms with E-state index in [1.165, 1.54) is 48.8 Å². The van der Waals surface area contributed by atoms with Gasteiger partial charge >= 0.3 is 0 Å². The zero-order valence-corrected chi connectivity index (χ0v) is 20.5. The molecule has 0 aliphatic carbocycles. The Hall–Kier alpha value is -3.06. The Morgan fingerprint density at radius 1 is 1.27 bits per heavy atom. The van der Waals surface area contributed by atoms with Crippen LogP contribution >= 0.6 is 0 Å². The summed E-state index contributed by atoms with van der Waals surface area (Å²) in [5.41, 5.74) is 7.09. The lowest BCUT2D eigenvalue weighted by molar-refractivity contribution is 0.255. The smallest absolute Gasteiger partial charge is 0.0670 e. The van der Waals surface area contributed by atoms with Crippen LogP contribution in [0.25, 0.3) is 16.5 Å². The molecule has 4 nitrogen and oxygen atoms in total. The lowest BCUT2D eigenvalue weighted by atomic mass is 9.88. The predicted molar refractivity (Wildman–Crippen MR) is 140 cm³/mol. The molecule has 33 heavy (non-hydrogen) atoms. The average Bonchev–Trinajstić information content (AvgIpc) is 3.25. The number of aromatic nitrogens is 1. The Balaban J connectivity index is 1.72. The molecular weight excluding hydrogens is 404 g/mol. The summed E-state index contributed by atoms with van der Waals surface area (Å²) < 4.78 is 0. The topological polar surface area (TPSA) is 66.7 Å². The number of hydrogen-bond donors (Lipinski definition) is 2. The molecule has 0 saturated carbocycles. The lowest BCUT2D eigenvalue weighted by Gasteiger charge is -2.35. The summed E-state index contributed by atoms with van der Waals surface area (Å²) in [5.74, 6) is 0.594. The van der Waals surface area contributed by atoms with Crippen molar-refractivity contribution >= 4 is 22.2 Å². The third-order valence-corrected chi connectivity index (χ3v) is 6.83. The molecule has 0 amide bonds. The summed E-state index contributed by atoms with van der Waals surface area (Å²) >= 11 is 0. The van der Waals surface area contributed by atoms with Crippen molar-refractivity contribution in [3.8, 4) is 6.07 Å². The first-order valence-corrected chi connectivity index (χ1v) is 12.3. The fourth-order valence-corrected chi connectivity index (χ4v) is 4.71. The number of piperidine rings is 1. The number of H-pyrrole nitrogens is 1. The van der Waals surface area contributed by atoms with Crippen molar-refractivity contribution in [1.82, 2.24) is 9.88 Å². The number of nitriles is 1. The van der Waals surface area contributed by atoms with Crippen LogP contribution in [-0.4, -0.2) is 28.7 Å². The number of benzene rings is 1. The first kappa shape index (κ1) is 24.6. The quantitative estimate of drug-likeness (QED) is 0.225. The summed E-state index contributed by atoms with van der Waals surface area (Å²) in [6, 6.07) is 11.2. The molecule has 2 N–H and O–H groups in total. The highest BCUT2D eigenvalue weighted by Gasteiger charge is 2.21. The van der Waals surface area contributed by atoms with Gasteiger partial charge in [-0.1, -0.05) is 38.5 Å². The minimum absolute atomic E-state index is 0.251. The molecule has 1 aliphatic rings. The second kappa shape index (κ2) is 11.7. The van der Waals surface area contributed by atoms with E-state index in [4.69, 9.17) is 10.7 Å². The van der Waals surface area contributed by atoms with Gasteiger partial charge in [0.2, 0.25) is 0 Å². The first-order chi connectivity index (χ1) is 16.0. The Bertz CT molecular complexity index is 1080. The molecule has 2 aromatic rings. The molecule has 0 atom stereocenters. The number of allylic oxidation sites excluding steroid dienone is 5. The molecule has 1 fully saturated rings. The van der Waals surface area contributed by atoms with Crippen molar-refractivity contribution in [2.24, 2.45) is 0 Å². The van der Waals surface area contributed by atoms with Crippen LogP contribution in [0.2, 0.25) is 0 Å². The number of likely N-dealkylation sites (tertiary alicyclic amines) is 1. The molecular formula is C29H38N4. The van der Waals surface area contributed by atoms with Gasteiger partial charge in [0, 0.05) is 41.1 Å². The van der Waals surface area contributed by atoms with Crippen molar-refractivity contribution in [2.45, 2.75) is 71.6 Å². The summed E-state index contributed by atoms with van der Waals surface area (Å²) in [7, 11) is 0. The van der Waals surface area contributed by atoms with Crippen molar-refractivity contribution in [1.29, 1.82) is 10.7 Å². The Labute approximate surface area is 199 Å². The molecule has 4 heteroatoms. The summed E-state index contributed by atoms with van der Waals surface area (Å²) in [4.78, 5) is 6.02. The van der Waals surface area contributed by atoms with Crippen LogP contribution in [-0.2, 0) is 0 Å². The van der Waals surface area contributed by atoms with Gasteiger partial charge < -0.3 is 15.3 Å². The number of nitrogens with one attached hydrogen (secondary N) is 2. The first-order valence-electron chi connectivity index (χ1n) is 12.3. The third kappa shape index (κ3) is 6.26. The van der Waals surface area contributed by atoms with Gasteiger partial charge in [-0.2, -0.15) is 5.26 Å². The maximum absolute atomic E-state index is 9.08. The molecule has 0 radical (unpaired) electrons. The minimum Gasteiger partial charge on any atom is -0.375 e. The molecule has 174 valence electrons. The van der Waals surface area contributed by atoms with Gasteiger partial charge in [0.05, 0.1) is 12.5 Å². The Morgan fingerprint density at radius 3 is 2.67 bits per heavy atom. The molecule has 1 aromatic carbocycles. The molecule has 2 heterocycles. The van der Waals surface area contributed by atoms with Crippen LogP contribution in [0.15, 0.2) is 54.3 Å². The monoisotopic (exact) mass is 442 g/mol. The minimum atomic E-state index is 0.251. The van der Waals surface area contributed by atoms with Gasteiger partial charge in [-0.05, 0) is 86.4 Å². The zero-order valence-electron chi connectivity index (χ0n) is 20.5. The fraction of sp³-hybridized carbons (Fsp3) is 0.448. The van der Waals surface area contributed by atoms with Gasteiger partial charge in [-0.25, -0.2) is 0 Å². The van der Waals surface area contributed by atoms with E-state index in [2.05, 4.69) is 53.7 Å². The molecule has 1 aliphatic heterocycles. The van der Waals surface area contributed by atoms with Crippen LogP contribution in [0.5, 0.6) is 0 Å². The highest BCUT2D eigenvalue weighted by molar-refractivity contribution is 5.99. The Morgan fingerprint density at radius 2 is 2.03 bits per heavy atom. The lowest BCUT2D eigenvalue weighted by Crippen LogP contribution is -2.32. The van der Waals surface area contributed by atoms with Crippen molar-refractivity contribution < 1.29 is 0 Å². The summed E-state index contributed by atoms with van der Waals surface area (Å²) in [6.07, 6.45) is 11.5. The van der Waals surface area contributed by atoms with Crippen LogP contribution < -0.4 is 0 Å². The second-order valence-electron chi connectivity index (χ2n) is 9.19. The van der Waals surface area contributed by atoms with Gasteiger partial charge in [-0.3, -0.25) is 0 Å². The van der Waals surface area contributed by atoms with Gasteiger partial charge in [0.25, 0.3) is 0 Å². The van der Waals surface area contributed by atoms with Gasteiger partial charge in [-0.15, -0.1) is 0 Å². The van der Waals surface area contributed by atoms with E-state index in [9.17, 15) is 0 Å². The maximum atomic E-state index is 9.08. The number of aromatic amines is 1. The van der Waals surface area contributed by atoms with E-state index in [1.807, 2.05) is 19.1 Å². The fourth-order valence-electron chi connectivity index (χ4n) is 4.71. The summed E-state index contributed by atoms with van der Waals surface area (Å²) in [6.45, 7) is 12.5. The van der Waals surface area contributed by atoms with Crippen molar-refractivity contribution in [3.63, 3.8) is 0 Å². The predicted octanol–water partition coefficient (Wildman–Crippen LogP) is 7.72. The third-order valence-electron chi connectivity index (χ3n) is 6.83. The number of rotatable bonds is 10. The average molecular weight is 443 g/mol. The van der Waals surface area contributed by atoms with Gasteiger partial charge in [0.1, 0.15) is 0 Å². The zero-order chi connectivity index (χ0) is 23.8. The molecule has 0 bridgehead atoms. The van der Waals surface area contributed by atoms with Crippen LogP contribution in [0.3, 0.4) is 0 Å². The largest absolute Gasteiger partial charge is 0.375 e. The SMILES string of the molecule is C=C(CCCCC)N1CCC(c2ccc3[nH]c(C(/C=C(/CC#N)C(C)=N)=C/C)cc3c2)CC1. The molecule has 0 spiro atoms. The van der Waals surface area contributed by atoms with Crippen LogP contribution in [0.1, 0.15) is 82.9 Å². The summed E-state index contributed by atoms with van der Waals surface area (Å²) in [5, 5.41) is 18.3. The number of unbranched alkanes of at least 4 members (excludes halogenated alkanes) is 2. The standard InChI is InChI=1S/C29H38N4/c1-5-7-8-9-21(3)33-16-13-24(14-17-33)26-10-11-28-27(19-26)20-29(32-28)23(6-2)18-25(12-15-30)22(4)31/h6,10-11,18-20,24,31-32H,3,5,7-9,12-14,16-17H2,1-2,4H3/b23-6+,25-18-,31-22?. The van der Waals surface area contributed by atoms with E-state index < -0.39 is 0 Å². The number of nitrogens with zero attached hydrogens (tertiary/aromatic N) is 2. The Kier molecular flexibility index (Phi) is 8.72. The van der Waals surface area contributed by atoms with Crippen LogP contribution in [0, 0.1) is 16.7 Å². The number of hydrogen-bond acceptors (Lipinski definition) is 3. The highest BCUT2D eigenvalue weighted by atomic mass is 15.1.